The van der Waals surface area contributed by atoms with Crippen molar-refractivity contribution < 1.29 is 14.3 Å². The van der Waals surface area contributed by atoms with E-state index in [9.17, 15) is 4.79 Å². The van der Waals surface area contributed by atoms with E-state index in [0.717, 1.165) is 36.3 Å². The first kappa shape index (κ1) is 23.0. The molecule has 2 aromatic rings. The Morgan fingerprint density at radius 3 is 2.48 bits per heavy atom. The fourth-order valence-electron chi connectivity index (χ4n) is 2.68. The first-order valence-corrected chi connectivity index (χ1v) is 10.2. The van der Waals surface area contributed by atoms with Crippen LogP contribution in [0.2, 0.25) is 5.02 Å². The van der Waals surface area contributed by atoms with E-state index in [-0.39, 0.29) is 12.5 Å². The highest BCUT2D eigenvalue weighted by Crippen LogP contribution is 2.33. The molecule has 0 radical (unpaired) electrons. The molecule has 0 atom stereocenters. The van der Waals surface area contributed by atoms with E-state index >= 15 is 0 Å². The van der Waals surface area contributed by atoms with Gasteiger partial charge in [-0.1, -0.05) is 29.3 Å². The van der Waals surface area contributed by atoms with Gasteiger partial charge in [-0.15, -0.1) is 0 Å². The van der Waals surface area contributed by atoms with E-state index in [1.807, 2.05) is 51.2 Å². The lowest BCUT2D eigenvalue weighted by Gasteiger charge is -2.15. The van der Waals surface area contributed by atoms with E-state index in [0.29, 0.717) is 29.7 Å². The number of carbonyl (C=O) groups is 1. The van der Waals surface area contributed by atoms with Crippen molar-refractivity contribution in [3.8, 4) is 11.5 Å². The van der Waals surface area contributed by atoms with Crippen molar-refractivity contribution in [1.29, 1.82) is 0 Å². The van der Waals surface area contributed by atoms with Crippen molar-refractivity contribution in [3.63, 3.8) is 0 Å². The van der Waals surface area contributed by atoms with Gasteiger partial charge in [0.25, 0.3) is 5.91 Å². The van der Waals surface area contributed by atoms with Crippen molar-refractivity contribution in [1.82, 2.24) is 10.6 Å². The number of hydrogen-bond acceptors (Lipinski definition) is 5. The van der Waals surface area contributed by atoms with Gasteiger partial charge in [0.05, 0.1) is 6.61 Å². The third-order valence-electron chi connectivity index (χ3n) is 4.20. The molecule has 0 saturated carbocycles. The van der Waals surface area contributed by atoms with Crippen molar-refractivity contribution in [2.24, 2.45) is 0 Å². The molecule has 0 bridgehead atoms. The van der Waals surface area contributed by atoms with E-state index in [4.69, 9.17) is 21.1 Å². The van der Waals surface area contributed by atoms with Crippen LogP contribution in [-0.4, -0.2) is 39.3 Å². The van der Waals surface area contributed by atoms with Gasteiger partial charge in [0.15, 0.2) is 18.1 Å². The predicted molar refractivity (Wildman–Crippen MR) is 118 cm³/mol. The number of amides is 1. The first-order chi connectivity index (χ1) is 14.0. The number of aryl methyl sites for hydroxylation is 1. The molecule has 158 valence electrons. The van der Waals surface area contributed by atoms with Crippen LogP contribution in [-0.2, 0) is 11.3 Å². The van der Waals surface area contributed by atoms with Gasteiger partial charge in [-0.2, -0.15) is 0 Å². The smallest absolute Gasteiger partial charge is 0.262 e. The lowest BCUT2D eigenvalue weighted by Crippen LogP contribution is -2.21. The predicted octanol–water partition coefficient (Wildman–Crippen LogP) is 3.76. The quantitative estimate of drug-likeness (QED) is 0.457. The Morgan fingerprint density at radius 1 is 1.07 bits per heavy atom. The molecule has 0 aliphatic heterocycles. The van der Waals surface area contributed by atoms with Gasteiger partial charge in [0.2, 0.25) is 0 Å². The number of hydrogen-bond donors (Lipinski definition) is 3. The number of rotatable bonds is 12. The largest absolute Gasteiger partial charge is 0.490 e. The lowest BCUT2D eigenvalue weighted by molar-refractivity contribution is -0.118. The minimum Gasteiger partial charge on any atom is -0.490 e. The zero-order valence-corrected chi connectivity index (χ0v) is 18.1. The molecular formula is C22H30ClN3O3. The van der Waals surface area contributed by atoms with Crippen molar-refractivity contribution in [2.75, 3.05) is 38.7 Å². The SMILES string of the molecule is CCOc1cc(CNCCCNC)c(Cl)cc1OCC(=O)Nc1ccc(C)cc1. The van der Waals surface area contributed by atoms with Gasteiger partial charge in [0, 0.05) is 23.3 Å². The second-order valence-corrected chi connectivity index (χ2v) is 7.07. The number of halogens is 1. The maximum absolute atomic E-state index is 12.2. The van der Waals surface area contributed by atoms with Gasteiger partial charge in [-0.25, -0.2) is 0 Å². The van der Waals surface area contributed by atoms with E-state index in [1.54, 1.807) is 6.07 Å². The first-order valence-electron chi connectivity index (χ1n) is 9.83. The topological polar surface area (TPSA) is 71.6 Å². The molecular weight excluding hydrogens is 390 g/mol. The van der Waals surface area contributed by atoms with Gasteiger partial charge in [0.1, 0.15) is 0 Å². The number of nitrogens with one attached hydrogen (secondary N) is 3. The minimum atomic E-state index is -0.247. The molecule has 0 aliphatic carbocycles. The Morgan fingerprint density at radius 2 is 1.79 bits per heavy atom. The van der Waals surface area contributed by atoms with Crippen LogP contribution >= 0.6 is 11.6 Å². The average molecular weight is 420 g/mol. The highest BCUT2D eigenvalue weighted by molar-refractivity contribution is 6.31. The van der Waals surface area contributed by atoms with Crippen LogP contribution in [0.3, 0.4) is 0 Å². The summed E-state index contributed by atoms with van der Waals surface area (Å²) in [6.07, 6.45) is 1.03. The molecule has 0 heterocycles. The number of benzene rings is 2. The van der Waals surface area contributed by atoms with E-state index < -0.39 is 0 Å². The molecule has 6 nitrogen and oxygen atoms in total. The van der Waals surface area contributed by atoms with Gasteiger partial charge in [-0.05, 0) is 64.2 Å². The van der Waals surface area contributed by atoms with Crippen LogP contribution in [0.25, 0.3) is 0 Å². The molecule has 2 rings (SSSR count). The van der Waals surface area contributed by atoms with Crippen LogP contribution in [0.5, 0.6) is 11.5 Å². The number of anilines is 1. The van der Waals surface area contributed by atoms with Crippen LogP contribution in [0.15, 0.2) is 36.4 Å². The Labute approximate surface area is 177 Å². The second kappa shape index (κ2) is 12.3. The summed E-state index contributed by atoms with van der Waals surface area (Å²) in [5.41, 5.74) is 2.79. The normalized spacial score (nSPS) is 10.6. The zero-order chi connectivity index (χ0) is 21.1. The monoisotopic (exact) mass is 419 g/mol. The Hall–Kier alpha value is -2.28. The van der Waals surface area contributed by atoms with Gasteiger partial charge < -0.3 is 25.4 Å². The third-order valence-corrected chi connectivity index (χ3v) is 4.55. The Bertz CT molecular complexity index is 782. The van der Waals surface area contributed by atoms with E-state index in [2.05, 4.69) is 16.0 Å². The Balaban J connectivity index is 1.96. The standard InChI is InChI=1S/C22H30ClN3O3/c1-4-28-20-12-17(14-25-11-5-10-24-3)19(23)13-21(20)29-15-22(27)26-18-8-6-16(2)7-9-18/h6-9,12-13,24-25H,4-5,10-11,14-15H2,1-3H3,(H,26,27). The molecule has 0 fully saturated rings. The summed E-state index contributed by atoms with van der Waals surface area (Å²) < 4.78 is 11.4. The molecule has 3 N–H and O–H groups in total. The second-order valence-electron chi connectivity index (χ2n) is 6.66. The third kappa shape index (κ3) is 7.93. The van der Waals surface area contributed by atoms with E-state index in [1.165, 1.54) is 0 Å². The molecule has 0 spiro atoms. The Kier molecular flexibility index (Phi) is 9.77. The van der Waals surface area contributed by atoms with Crippen molar-refractivity contribution in [2.45, 2.75) is 26.8 Å². The summed E-state index contributed by atoms with van der Waals surface area (Å²) in [7, 11) is 1.94. The van der Waals surface area contributed by atoms with Crippen LogP contribution in [0.4, 0.5) is 5.69 Å². The molecule has 29 heavy (non-hydrogen) atoms. The lowest BCUT2D eigenvalue weighted by atomic mass is 10.2. The molecule has 2 aromatic carbocycles. The molecule has 0 unspecified atom stereocenters. The summed E-state index contributed by atoms with van der Waals surface area (Å²) in [5, 5.41) is 9.86. The summed E-state index contributed by atoms with van der Waals surface area (Å²) >= 11 is 6.41. The highest BCUT2D eigenvalue weighted by Gasteiger charge is 2.13. The number of ether oxygens (including phenoxy) is 2. The van der Waals surface area contributed by atoms with Crippen molar-refractivity contribution >= 4 is 23.2 Å². The fraction of sp³-hybridized carbons (Fsp3) is 0.409. The van der Waals surface area contributed by atoms with Crippen LogP contribution < -0.4 is 25.4 Å². The van der Waals surface area contributed by atoms with Crippen LogP contribution in [0, 0.1) is 6.92 Å². The summed E-state index contributed by atoms with van der Waals surface area (Å²) in [4.78, 5) is 12.2. The van der Waals surface area contributed by atoms with Gasteiger partial charge >= 0.3 is 0 Å². The summed E-state index contributed by atoms with van der Waals surface area (Å²) in [6, 6.07) is 11.2. The average Bonchev–Trinajstić information content (AvgIpc) is 2.70. The molecule has 0 saturated heterocycles. The molecule has 7 heteroatoms. The summed E-state index contributed by atoms with van der Waals surface area (Å²) in [6.45, 7) is 6.74. The molecule has 0 aliphatic rings. The summed E-state index contributed by atoms with van der Waals surface area (Å²) in [5.74, 6) is 0.782. The minimum absolute atomic E-state index is 0.133. The van der Waals surface area contributed by atoms with Gasteiger partial charge in [-0.3, -0.25) is 4.79 Å². The number of carbonyl (C=O) groups excluding carboxylic acids is 1. The fourth-order valence-corrected chi connectivity index (χ4v) is 2.90. The highest BCUT2D eigenvalue weighted by atomic mass is 35.5. The van der Waals surface area contributed by atoms with Crippen molar-refractivity contribution in [3.05, 3.63) is 52.5 Å². The molecule has 1 amide bonds. The zero-order valence-electron chi connectivity index (χ0n) is 17.3. The molecule has 0 aromatic heterocycles. The maximum Gasteiger partial charge on any atom is 0.262 e. The van der Waals surface area contributed by atoms with Crippen LogP contribution in [0.1, 0.15) is 24.5 Å². The maximum atomic E-state index is 12.2.